The maximum Gasteiger partial charge on any atom is 0.392 e. The van der Waals surface area contributed by atoms with Crippen LogP contribution in [0.2, 0.25) is 0 Å². The fourth-order valence-electron chi connectivity index (χ4n) is 0.104. The van der Waals surface area contributed by atoms with Gasteiger partial charge in [-0.1, -0.05) is 6.92 Å². The Morgan fingerprint density at radius 2 is 1.88 bits per heavy atom. The van der Waals surface area contributed by atoms with Crippen molar-refractivity contribution in [3.8, 4) is 0 Å². The van der Waals surface area contributed by atoms with Crippen molar-refractivity contribution < 1.29 is 13.2 Å². The number of hydrogen-bond donors (Lipinski definition) is 1. The molecule has 0 N–H and O–H groups in total. The van der Waals surface area contributed by atoms with Gasteiger partial charge in [0.1, 0.15) is 0 Å². The van der Waals surface area contributed by atoms with E-state index in [-0.39, 0.29) is 5.75 Å². The van der Waals surface area contributed by atoms with Crippen molar-refractivity contribution in [3.63, 3.8) is 0 Å². The molecule has 0 spiro atoms. The van der Waals surface area contributed by atoms with Crippen LogP contribution in [-0.4, -0.2) is 11.9 Å². The fourth-order valence-corrected chi connectivity index (χ4v) is 0.311. The van der Waals surface area contributed by atoms with Gasteiger partial charge in [-0.25, -0.2) is 0 Å². The summed E-state index contributed by atoms with van der Waals surface area (Å²) in [7, 11) is 0. The van der Waals surface area contributed by atoms with Crippen LogP contribution >= 0.6 is 12.6 Å². The minimum Gasteiger partial charge on any atom is -0.179 e. The lowest BCUT2D eigenvalue weighted by atomic mass is 10.2. The van der Waals surface area contributed by atoms with Crippen LogP contribution in [0.1, 0.15) is 6.92 Å². The van der Waals surface area contributed by atoms with Crippen molar-refractivity contribution >= 4 is 12.6 Å². The molecule has 1 atom stereocenters. The summed E-state index contributed by atoms with van der Waals surface area (Å²) >= 11 is 3.49. The molecule has 0 aliphatic heterocycles. The van der Waals surface area contributed by atoms with E-state index in [0.717, 1.165) is 6.92 Å². The van der Waals surface area contributed by atoms with Crippen LogP contribution in [0.3, 0.4) is 0 Å². The molecule has 0 saturated heterocycles. The normalized spacial score (nSPS) is 16.1. The van der Waals surface area contributed by atoms with Gasteiger partial charge >= 0.3 is 6.18 Å². The largest absolute Gasteiger partial charge is 0.392 e. The minimum atomic E-state index is -4.07. The highest BCUT2D eigenvalue weighted by Gasteiger charge is 2.34. The van der Waals surface area contributed by atoms with E-state index in [2.05, 4.69) is 12.6 Å². The third-order valence-electron chi connectivity index (χ3n) is 0.833. The van der Waals surface area contributed by atoms with Crippen molar-refractivity contribution in [2.75, 3.05) is 5.75 Å². The SMILES string of the molecule is CC(CS)C(F)(F)F. The molecule has 0 aliphatic carbocycles. The molecule has 0 radical (unpaired) electrons. The molecule has 0 aliphatic rings. The summed E-state index contributed by atoms with van der Waals surface area (Å²) in [4.78, 5) is 0. The highest BCUT2D eigenvalue weighted by atomic mass is 32.1. The van der Waals surface area contributed by atoms with Gasteiger partial charge in [-0.2, -0.15) is 25.8 Å². The third-order valence-corrected chi connectivity index (χ3v) is 1.38. The Hall–Kier alpha value is 0.140. The quantitative estimate of drug-likeness (QED) is 0.535. The molecule has 4 heteroatoms. The van der Waals surface area contributed by atoms with E-state index >= 15 is 0 Å². The Kier molecular flexibility index (Phi) is 2.66. The van der Waals surface area contributed by atoms with E-state index < -0.39 is 12.1 Å². The van der Waals surface area contributed by atoms with Crippen LogP contribution in [0, 0.1) is 5.92 Å². The zero-order valence-electron chi connectivity index (χ0n) is 4.37. The first kappa shape index (κ1) is 8.14. The van der Waals surface area contributed by atoms with Crippen LogP contribution in [-0.2, 0) is 0 Å². The van der Waals surface area contributed by atoms with E-state index in [0.29, 0.717) is 0 Å². The minimum absolute atomic E-state index is 0.135. The maximum absolute atomic E-state index is 11.4. The molecule has 0 heterocycles. The number of alkyl halides is 3. The lowest BCUT2D eigenvalue weighted by Crippen LogP contribution is -2.20. The number of rotatable bonds is 1. The van der Waals surface area contributed by atoms with Gasteiger partial charge in [-0.15, -0.1) is 0 Å². The monoisotopic (exact) mass is 144 g/mol. The molecule has 1 unspecified atom stereocenters. The first-order chi connectivity index (χ1) is 3.48. The van der Waals surface area contributed by atoms with Crippen molar-refractivity contribution in [3.05, 3.63) is 0 Å². The van der Waals surface area contributed by atoms with E-state index in [1.807, 2.05) is 0 Å². The average Bonchev–Trinajstić information content (AvgIpc) is 1.62. The van der Waals surface area contributed by atoms with E-state index in [1.165, 1.54) is 0 Å². The molecule has 0 nitrogen and oxygen atoms in total. The Morgan fingerprint density at radius 1 is 1.50 bits per heavy atom. The van der Waals surface area contributed by atoms with Crippen LogP contribution in [0.25, 0.3) is 0 Å². The Bertz CT molecular complexity index is 68.2. The second-order valence-corrected chi connectivity index (χ2v) is 1.99. The third kappa shape index (κ3) is 2.45. The second-order valence-electron chi connectivity index (χ2n) is 1.63. The summed E-state index contributed by atoms with van der Waals surface area (Å²) in [6, 6.07) is 0. The summed E-state index contributed by atoms with van der Waals surface area (Å²) < 4.78 is 34.2. The molecule has 0 fully saturated rings. The van der Waals surface area contributed by atoms with Crippen LogP contribution in [0.5, 0.6) is 0 Å². The highest BCUT2D eigenvalue weighted by molar-refractivity contribution is 7.80. The Labute approximate surface area is 51.5 Å². The van der Waals surface area contributed by atoms with Crippen molar-refractivity contribution in [2.24, 2.45) is 5.92 Å². The van der Waals surface area contributed by atoms with Gasteiger partial charge in [0.05, 0.1) is 5.92 Å². The predicted octanol–water partition coefficient (Wildman–Crippen LogP) is 2.11. The van der Waals surface area contributed by atoms with Gasteiger partial charge in [0, 0.05) is 5.75 Å². The van der Waals surface area contributed by atoms with Gasteiger partial charge < -0.3 is 0 Å². The summed E-state index contributed by atoms with van der Waals surface area (Å²) in [6.45, 7) is 1.10. The van der Waals surface area contributed by atoms with Gasteiger partial charge in [-0.3, -0.25) is 0 Å². The molecule has 50 valence electrons. The molecule has 0 amide bonds. The fraction of sp³-hybridized carbons (Fsp3) is 1.00. The smallest absolute Gasteiger partial charge is 0.179 e. The zero-order valence-corrected chi connectivity index (χ0v) is 5.26. The summed E-state index contributed by atoms with van der Waals surface area (Å²) in [6.07, 6.45) is -4.07. The van der Waals surface area contributed by atoms with Crippen molar-refractivity contribution in [1.29, 1.82) is 0 Å². The highest BCUT2D eigenvalue weighted by Crippen LogP contribution is 2.25. The number of hydrogen-bond acceptors (Lipinski definition) is 1. The molecular weight excluding hydrogens is 137 g/mol. The van der Waals surface area contributed by atoms with Gasteiger partial charge in [-0.05, 0) is 0 Å². The predicted molar refractivity (Wildman–Crippen MR) is 29.1 cm³/mol. The Morgan fingerprint density at radius 3 is 1.88 bits per heavy atom. The standard InChI is InChI=1S/C4H7F3S/c1-3(2-8)4(5,6)7/h3,8H,2H2,1H3. The van der Waals surface area contributed by atoms with E-state index in [1.54, 1.807) is 0 Å². The van der Waals surface area contributed by atoms with Crippen molar-refractivity contribution in [1.82, 2.24) is 0 Å². The molecule has 0 bridgehead atoms. The first-order valence-corrected chi connectivity index (χ1v) is 2.79. The molecule has 0 rings (SSSR count). The van der Waals surface area contributed by atoms with Crippen LogP contribution < -0.4 is 0 Å². The molecular formula is C4H7F3S. The molecule has 0 aromatic rings. The second kappa shape index (κ2) is 2.62. The van der Waals surface area contributed by atoms with Gasteiger partial charge in [0.15, 0.2) is 0 Å². The topological polar surface area (TPSA) is 0 Å². The molecule has 0 saturated carbocycles. The summed E-state index contributed by atoms with van der Waals surface area (Å²) in [5, 5.41) is 0. The van der Waals surface area contributed by atoms with Gasteiger partial charge in [0.25, 0.3) is 0 Å². The molecule has 0 aromatic heterocycles. The lowest BCUT2D eigenvalue weighted by molar-refractivity contribution is -0.162. The maximum atomic E-state index is 11.4. The summed E-state index contributed by atoms with van der Waals surface area (Å²) in [5.74, 6) is -1.42. The van der Waals surface area contributed by atoms with Crippen molar-refractivity contribution in [2.45, 2.75) is 13.1 Å². The lowest BCUT2D eigenvalue weighted by Gasteiger charge is -2.11. The summed E-state index contributed by atoms with van der Waals surface area (Å²) in [5.41, 5.74) is 0. The molecule has 0 aromatic carbocycles. The van der Waals surface area contributed by atoms with Crippen LogP contribution in [0.15, 0.2) is 0 Å². The van der Waals surface area contributed by atoms with E-state index in [4.69, 9.17) is 0 Å². The Balaban J connectivity index is 3.62. The number of halogens is 3. The molecule has 8 heavy (non-hydrogen) atoms. The first-order valence-electron chi connectivity index (χ1n) is 2.16. The van der Waals surface area contributed by atoms with Crippen LogP contribution in [0.4, 0.5) is 13.2 Å². The number of thiol groups is 1. The van der Waals surface area contributed by atoms with Gasteiger partial charge in [0.2, 0.25) is 0 Å². The van der Waals surface area contributed by atoms with E-state index in [9.17, 15) is 13.2 Å². The average molecular weight is 144 g/mol. The zero-order chi connectivity index (χ0) is 6.78.